The minimum atomic E-state index is 0.327. The Morgan fingerprint density at radius 3 is 2.55 bits per heavy atom. The van der Waals surface area contributed by atoms with Gasteiger partial charge in [0, 0.05) is 36.6 Å². The second kappa shape index (κ2) is 7.58. The van der Waals surface area contributed by atoms with Gasteiger partial charge in [-0.15, -0.1) is 0 Å². The van der Waals surface area contributed by atoms with Crippen molar-refractivity contribution in [2.75, 3.05) is 24.5 Å². The molecule has 0 amide bonds. The summed E-state index contributed by atoms with van der Waals surface area (Å²) in [6.45, 7) is 9.71. The summed E-state index contributed by atoms with van der Waals surface area (Å²) >= 11 is 0. The van der Waals surface area contributed by atoms with Crippen molar-refractivity contribution in [1.82, 2.24) is 15.3 Å². The Bertz CT molecular complexity index is 411. The molecule has 1 atom stereocenters. The standard InChI is InChI=1S/C16H28N4/c1-4-9-17-13(2)15-12-18-16(19-14(15)3)20-10-7-5-6-8-11-20/h12-13,17H,4-11H2,1-3H3. The molecule has 2 rings (SSSR count). The Balaban J connectivity index is 2.08. The number of aryl methyl sites for hydroxylation is 1. The van der Waals surface area contributed by atoms with E-state index >= 15 is 0 Å². The van der Waals surface area contributed by atoms with Crippen molar-refractivity contribution in [3.8, 4) is 0 Å². The zero-order chi connectivity index (χ0) is 14.4. The molecular formula is C16H28N4. The second-order valence-corrected chi connectivity index (χ2v) is 5.79. The summed E-state index contributed by atoms with van der Waals surface area (Å²) in [4.78, 5) is 11.7. The van der Waals surface area contributed by atoms with Crippen molar-refractivity contribution < 1.29 is 0 Å². The molecule has 1 fully saturated rings. The number of nitrogens with zero attached hydrogens (tertiary/aromatic N) is 3. The van der Waals surface area contributed by atoms with E-state index < -0.39 is 0 Å². The lowest BCUT2D eigenvalue weighted by Crippen LogP contribution is -2.27. The fourth-order valence-electron chi connectivity index (χ4n) is 2.78. The third-order valence-electron chi connectivity index (χ3n) is 4.06. The van der Waals surface area contributed by atoms with E-state index in [4.69, 9.17) is 4.98 Å². The van der Waals surface area contributed by atoms with Crippen LogP contribution in [0.3, 0.4) is 0 Å². The average Bonchev–Trinajstić information content (AvgIpc) is 2.73. The van der Waals surface area contributed by atoms with Gasteiger partial charge in [0.25, 0.3) is 0 Å². The van der Waals surface area contributed by atoms with Crippen LogP contribution in [0.15, 0.2) is 6.20 Å². The van der Waals surface area contributed by atoms with E-state index in [1.807, 2.05) is 6.20 Å². The second-order valence-electron chi connectivity index (χ2n) is 5.79. The Labute approximate surface area is 123 Å². The van der Waals surface area contributed by atoms with Crippen molar-refractivity contribution >= 4 is 5.95 Å². The van der Waals surface area contributed by atoms with Gasteiger partial charge in [-0.2, -0.15) is 0 Å². The summed E-state index contributed by atoms with van der Waals surface area (Å²) in [5.74, 6) is 0.913. The van der Waals surface area contributed by atoms with Crippen LogP contribution in [0, 0.1) is 6.92 Å². The first kappa shape index (κ1) is 15.2. The maximum absolute atomic E-state index is 4.74. The molecule has 0 aliphatic carbocycles. The molecule has 4 nitrogen and oxygen atoms in total. The summed E-state index contributed by atoms with van der Waals surface area (Å²) in [6.07, 6.45) is 8.36. The van der Waals surface area contributed by atoms with Crippen molar-refractivity contribution in [1.29, 1.82) is 0 Å². The van der Waals surface area contributed by atoms with Crippen LogP contribution >= 0.6 is 0 Å². The third-order valence-corrected chi connectivity index (χ3v) is 4.06. The molecule has 1 saturated heterocycles. The van der Waals surface area contributed by atoms with Crippen molar-refractivity contribution in [3.63, 3.8) is 0 Å². The predicted octanol–water partition coefficient (Wildman–Crippen LogP) is 3.23. The largest absolute Gasteiger partial charge is 0.341 e. The monoisotopic (exact) mass is 276 g/mol. The molecule has 1 N–H and O–H groups in total. The van der Waals surface area contributed by atoms with Gasteiger partial charge in [0.15, 0.2) is 0 Å². The van der Waals surface area contributed by atoms with Crippen LogP contribution in [0.4, 0.5) is 5.95 Å². The molecule has 1 aliphatic heterocycles. The fourth-order valence-corrected chi connectivity index (χ4v) is 2.78. The summed E-state index contributed by atoms with van der Waals surface area (Å²) < 4.78 is 0. The van der Waals surface area contributed by atoms with Crippen LogP contribution < -0.4 is 10.2 Å². The molecule has 0 saturated carbocycles. The lowest BCUT2D eigenvalue weighted by molar-refractivity contribution is 0.563. The Morgan fingerprint density at radius 1 is 1.25 bits per heavy atom. The molecule has 2 heterocycles. The molecule has 1 unspecified atom stereocenters. The summed E-state index contributed by atoms with van der Waals surface area (Å²) in [7, 11) is 0. The zero-order valence-electron chi connectivity index (χ0n) is 13.2. The van der Waals surface area contributed by atoms with Gasteiger partial charge in [-0.05, 0) is 39.7 Å². The van der Waals surface area contributed by atoms with Gasteiger partial charge < -0.3 is 10.2 Å². The predicted molar refractivity (Wildman–Crippen MR) is 84.2 cm³/mol. The normalized spacial score (nSPS) is 17.9. The van der Waals surface area contributed by atoms with Crippen molar-refractivity contribution in [2.45, 2.75) is 58.9 Å². The molecule has 4 heteroatoms. The van der Waals surface area contributed by atoms with Crippen molar-refractivity contribution in [2.24, 2.45) is 0 Å². The van der Waals surface area contributed by atoms with E-state index in [2.05, 4.69) is 36.0 Å². The molecule has 0 aromatic carbocycles. The quantitative estimate of drug-likeness (QED) is 0.896. The molecule has 1 aliphatic rings. The minimum Gasteiger partial charge on any atom is -0.341 e. The van der Waals surface area contributed by atoms with Gasteiger partial charge in [-0.1, -0.05) is 19.8 Å². The highest BCUT2D eigenvalue weighted by atomic mass is 15.2. The van der Waals surface area contributed by atoms with Gasteiger partial charge in [-0.25, -0.2) is 9.97 Å². The van der Waals surface area contributed by atoms with Crippen LogP contribution in [0.5, 0.6) is 0 Å². The number of hydrogen-bond donors (Lipinski definition) is 1. The molecule has 0 radical (unpaired) electrons. The molecule has 112 valence electrons. The highest BCUT2D eigenvalue weighted by molar-refractivity contribution is 5.34. The van der Waals surface area contributed by atoms with Gasteiger partial charge in [-0.3, -0.25) is 0 Å². The number of rotatable bonds is 5. The first-order valence-electron chi connectivity index (χ1n) is 8.04. The molecular weight excluding hydrogens is 248 g/mol. The lowest BCUT2D eigenvalue weighted by Gasteiger charge is -2.22. The third kappa shape index (κ3) is 3.92. The van der Waals surface area contributed by atoms with E-state index in [1.165, 1.54) is 31.2 Å². The van der Waals surface area contributed by atoms with E-state index in [9.17, 15) is 0 Å². The number of aromatic nitrogens is 2. The fraction of sp³-hybridized carbons (Fsp3) is 0.750. The van der Waals surface area contributed by atoms with Crippen LogP contribution in [0.25, 0.3) is 0 Å². The van der Waals surface area contributed by atoms with E-state index in [1.54, 1.807) is 0 Å². The van der Waals surface area contributed by atoms with Crippen LogP contribution in [0.1, 0.15) is 63.3 Å². The van der Waals surface area contributed by atoms with E-state index in [-0.39, 0.29) is 0 Å². The number of anilines is 1. The van der Waals surface area contributed by atoms with E-state index in [0.717, 1.165) is 37.7 Å². The summed E-state index contributed by atoms with van der Waals surface area (Å²) in [5.41, 5.74) is 2.33. The first-order valence-corrected chi connectivity index (χ1v) is 8.04. The van der Waals surface area contributed by atoms with Crippen LogP contribution in [-0.2, 0) is 0 Å². The Kier molecular flexibility index (Phi) is 5.77. The van der Waals surface area contributed by atoms with Crippen LogP contribution in [-0.4, -0.2) is 29.6 Å². The lowest BCUT2D eigenvalue weighted by atomic mass is 10.1. The van der Waals surface area contributed by atoms with Crippen molar-refractivity contribution in [3.05, 3.63) is 17.5 Å². The topological polar surface area (TPSA) is 41.1 Å². The van der Waals surface area contributed by atoms with Gasteiger partial charge in [0.2, 0.25) is 5.95 Å². The maximum Gasteiger partial charge on any atom is 0.225 e. The van der Waals surface area contributed by atoms with E-state index in [0.29, 0.717) is 6.04 Å². The highest BCUT2D eigenvalue weighted by Gasteiger charge is 2.15. The highest BCUT2D eigenvalue weighted by Crippen LogP contribution is 2.20. The average molecular weight is 276 g/mol. The first-order chi connectivity index (χ1) is 9.72. The number of nitrogens with one attached hydrogen (secondary N) is 1. The molecule has 0 bridgehead atoms. The van der Waals surface area contributed by atoms with Crippen LogP contribution in [0.2, 0.25) is 0 Å². The maximum atomic E-state index is 4.74. The zero-order valence-corrected chi connectivity index (χ0v) is 13.2. The Morgan fingerprint density at radius 2 is 1.95 bits per heavy atom. The van der Waals surface area contributed by atoms with Gasteiger partial charge in [0.05, 0.1) is 0 Å². The summed E-state index contributed by atoms with van der Waals surface area (Å²) in [6, 6.07) is 0.327. The minimum absolute atomic E-state index is 0.327. The SMILES string of the molecule is CCCNC(C)c1cnc(N2CCCCCC2)nc1C. The molecule has 1 aromatic rings. The Hall–Kier alpha value is -1.16. The van der Waals surface area contributed by atoms with Gasteiger partial charge in [0.1, 0.15) is 0 Å². The number of hydrogen-bond acceptors (Lipinski definition) is 4. The summed E-state index contributed by atoms with van der Waals surface area (Å²) in [5, 5.41) is 3.50. The molecule has 20 heavy (non-hydrogen) atoms. The van der Waals surface area contributed by atoms with Gasteiger partial charge >= 0.3 is 0 Å². The smallest absolute Gasteiger partial charge is 0.225 e. The molecule has 1 aromatic heterocycles. The molecule has 0 spiro atoms.